The quantitative estimate of drug-likeness (QED) is 0.459. The molecule has 7 nitrogen and oxygen atoms in total. The monoisotopic (exact) mass is 497 g/mol. The number of halogens is 1. The van der Waals surface area contributed by atoms with Crippen LogP contribution >= 0.6 is 23.5 Å². The first-order chi connectivity index (χ1) is 14.4. The van der Waals surface area contributed by atoms with E-state index in [2.05, 4.69) is 15.9 Å². The van der Waals surface area contributed by atoms with Crippen molar-refractivity contribution in [2.45, 2.75) is 26.1 Å². The van der Waals surface area contributed by atoms with E-state index in [1.54, 1.807) is 38.1 Å². The fourth-order valence-corrected chi connectivity index (χ4v) is 6.06. The molecule has 2 aromatic rings. The molecular formula is C21H25BrNO6P. The highest BCUT2D eigenvalue weighted by atomic mass is 79.9. The molecule has 0 saturated heterocycles. The summed E-state index contributed by atoms with van der Waals surface area (Å²) in [5, 5.41) is 0. The molecule has 0 spiro atoms. The molecule has 1 atom stereocenters. The van der Waals surface area contributed by atoms with Gasteiger partial charge in [-0.25, -0.2) is 0 Å². The summed E-state index contributed by atoms with van der Waals surface area (Å²) in [6, 6.07) is 10.8. The lowest BCUT2D eigenvalue weighted by atomic mass is 9.97. The second-order valence-electron chi connectivity index (χ2n) is 6.57. The number of anilines is 1. The van der Waals surface area contributed by atoms with Crippen LogP contribution in [0, 0.1) is 0 Å². The number of carbonyl (C=O) groups excluding carboxylic acids is 1. The predicted octanol–water partition coefficient (Wildman–Crippen LogP) is 5.32. The molecule has 0 aliphatic carbocycles. The number of amides is 1. The first-order valence-corrected chi connectivity index (χ1v) is 12.0. The maximum atomic E-state index is 14.0. The highest BCUT2D eigenvalue weighted by Gasteiger charge is 2.48. The van der Waals surface area contributed by atoms with Crippen LogP contribution in [0.25, 0.3) is 0 Å². The lowest BCUT2D eigenvalue weighted by Crippen LogP contribution is -2.41. The van der Waals surface area contributed by atoms with Gasteiger partial charge in [-0.15, -0.1) is 0 Å². The average molecular weight is 498 g/mol. The Morgan fingerprint density at radius 1 is 1.03 bits per heavy atom. The van der Waals surface area contributed by atoms with Crippen LogP contribution in [-0.4, -0.2) is 33.3 Å². The first-order valence-electron chi connectivity index (χ1n) is 9.59. The Kier molecular flexibility index (Phi) is 7.24. The molecule has 0 N–H and O–H groups in total. The van der Waals surface area contributed by atoms with Crippen molar-refractivity contribution in [2.75, 3.05) is 32.3 Å². The van der Waals surface area contributed by atoms with Crippen LogP contribution in [0.2, 0.25) is 0 Å². The molecule has 3 rings (SSSR count). The highest BCUT2D eigenvalue weighted by Crippen LogP contribution is 2.65. The highest BCUT2D eigenvalue weighted by molar-refractivity contribution is 9.10. The lowest BCUT2D eigenvalue weighted by Gasteiger charge is -2.40. The number of fused-ring (bicyclic) bond motifs is 1. The second-order valence-corrected chi connectivity index (χ2v) is 9.57. The summed E-state index contributed by atoms with van der Waals surface area (Å²) in [5.41, 5.74) is 1.96. The van der Waals surface area contributed by atoms with E-state index in [0.717, 1.165) is 4.47 Å². The number of hydrogen-bond acceptors (Lipinski definition) is 6. The molecule has 0 fully saturated rings. The molecule has 1 unspecified atom stereocenters. The van der Waals surface area contributed by atoms with Gasteiger partial charge in [-0.1, -0.05) is 15.9 Å². The van der Waals surface area contributed by atoms with E-state index in [4.69, 9.17) is 18.5 Å². The number of rotatable bonds is 8. The van der Waals surface area contributed by atoms with Crippen molar-refractivity contribution < 1.29 is 27.9 Å². The molecule has 0 radical (unpaired) electrons. The number of hydrogen-bond donors (Lipinski definition) is 0. The normalized spacial score (nSPS) is 16.4. The molecule has 1 aliphatic rings. The van der Waals surface area contributed by atoms with E-state index in [-0.39, 0.29) is 25.5 Å². The summed E-state index contributed by atoms with van der Waals surface area (Å²) < 4.78 is 37.0. The Morgan fingerprint density at radius 3 is 2.13 bits per heavy atom. The number of ether oxygens (including phenoxy) is 2. The van der Waals surface area contributed by atoms with Gasteiger partial charge in [0.2, 0.25) is 5.91 Å². The maximum Gasteiger partial charge on any atom is 0.357 e. The Balaban J connectivity index is 2.26. The Labute approximate surface area is 184 Å². The van der Waals surface area contributed by atoms with Crippen molar-refractivity contribution in [1.82, 2.24) is 0 Å². The van der Waals surface area contributed by atoms with Crippen molar-refractivity contribution in [3.63, 3.8) is 0 Å². The summed E-state index contributed by atoms with van der Waals surface area (Å²) in [6.07, 6.45) is 0.125. The van der Waals surface area contributed by atoms with Crippen LogP contribution in [0.4, 0.5) is 5.69 Å². The van der Waals surface area contributed by atoms with Gasteiger partial charge in [0.05, 0.1) is 33.9 Å². The zero-order chi connectivity index (χ0) is 21.9. The van der Waals surface area contributed by atoms with E-state index in [1.807, 2.05) is 12.1 Å². The minimum atomic E-state index is -3.75. The summed E-state index contributed by atoms with van der Waals surface area (Å²) in [7, 11) is -0.689. The predicted molar refractivity (Wildman–Crippen MR) is 118 cm³/mol. The molecular weight excluding hydrogens is 473 g/mol. The van der Waals surface area contributed by atoms with Gasteiger partial charge in [0.25, 0.3) is 0 Å². The van der Waals surface area contributed by atoms with Gasteiger partial charge in [0.1, 0.15) is 0 Å². The standard InChI is InChI=1S/C21H25BrNO6P/c1-5-28-30(25,29-6-2)21-17-13-19(27-4)18(26-3)11-14(17)12-20(24)23(21)16-9-7-15(22)8-10-16/h7-11,13,21H,5-6,12H2,1-4H3. The average Bonchev–Trinajstić information content (AvgIpc) is 2.73. The molecule has 162 valence electrons. The Hall–Kier alpha value is -1.86. The number of carbonyl (C=O) groups is 1. The number of methoxy groups -OCH3 is 2. The molecule has 1 aliphatic heterocycles. The van der Waals surface area contributed by atoms with Gasteiger partial charge in [0.15, 0.2) is 17.3 Å². The zero-order valence-corrected chi connectivity index (χ0v) is 19.9. The maximum absolute atomic E-state index is 14.0. The minimum Gasteiger partial charge on any atom is -0.493 e. The van der Waals surface area contributed by atoms with Gasteiger partial charge in [-0.3, -0.25) is 14.3 Å². The number of nitrogens with zero attached hydrogens (tertiary/aromatic N) is 1. The van der Waals surface area contributed by atoms with Crippen molar-refractivity contribution in [3.05, 3.63) is 52.0 Å². The molecule has 0 aromatic heterocycles. The van der Waals surface area contributed by atoms with E-state index < -0.39 is 13.4 Å². The van der Waals surface area contributed by atoms with Crippen molar-refractivity contribution >= 4 is 35.1 Å². The Bertz CT molecular complexity index is 955. The molecule has 2 aromatic carbocycles. The third kappa shape index (κ3) is 4.28. The van der Waals surface area contributed by atoms with Crippen LogP contribution in [0.5, 0.6) is 11.5 Å². The van der Waals surface area contributed by atoms with E-state index in [9.17, 15) is 9.36 Å². The third-order valence-corrected chi connectivity index (χ3v) is 7.67. The first kappa shape index (κ1) is 22.8. The van der Waals surface area contributed by atoms with Crippen LogP contribution in [0.15, 0.2) is 40.9 Å². The lowest BCUT2D eigenvalue weighted by molar-refractivity contribution is -0.118. The fraction of sp³-hybridized carbons (Fsp3) is 0.381. The molecule has 0 saturated carbocycles. The summed E-state index contributed by atoms with van der Waals surface area (Å²) in [4.78, 5) is 14.8. The largest absolute Gasteiger partial charge is 0.493 e. The van der Waals surface area contributed by atoms with Gasteiger partial charge >= 0.3 is 7.60 Å². The summed E-state index contributed by atoms with van der Waals surface area (Å²) in [5.74, 6) is -0.176. The SMILES string of the molecule is CCOP(=O)(OCC)C1c2cc(OC)c(OC)cc2CC(=O)N1c1ccc(Br)cc1. The van der Waals surface area contributed by atoms with Crippen LogP contribution in [-0.2, 0) is 24.8 Å². The van der Waals surface area contributed by atoms with Gasteiger partial charge in [-0.05, 0) is 61.4 Å². The van der Waals surface area contributed by atoms with Crippen molar-refractivity contribution in [1.29, 1.82) is 0 Å². The second kappa shape index (κ2) is 9.52. The van der Waals surface area contributed by atoms with Crippen LogP contribution in [0.1, 0.15) is 30.8 Å². The van der Waals surface area contributed by atoms with Gasteiger partial charge in [0, 0.05) is 10.2 Å². The minimum absolute atomic E-state index is 0.125. The van der Waals surface area contributed by atoms with Gasteiger partial charge in [-0.2, -0.15) is 0 Å². The van der Waals surface area contributed by atoms with Crippen LogP contribution in [0.3, 0.4) is 0 Å². The summed E-state index contributed by atoms with van der Waals surface area (Å²) >= 11 is 3.41. The molecule has 0 bridgehead atoms. The molecule has 1 amide bonds. The summed E-state index contributed by atoms with van der Waals surface area (Å²) in [6.45, 7) is 3.85. The third-order valence-electron chi connectivity index (χ3n) is 4.80. The van der Waals surface area contributed by atoms with E-state index >= 15 is 0 Å². The smallest absolute Gasteiger partial charge is 0.357 e. The fourth-order valence-electron chi connectivity index (χ4n) is 3.59. The van der Waals surface area contributed by atoms with Crippen LogP contribution < -0.4 is 14.4 Å². The molecule has 30 heavy (non-hydrogen) atoms. The zero-order valence-electron chi connectivity index (χ0n) is 17.4. The van der Waals surface area contributed by atoms with E-state index in [0.29, 0.717) is 28.3 Å². The molecule has 1 heterocycles. The number of benzene rings is 2. The van der Waals surface area contributed by atoms with E-state index in [1.165, 1.54) is 19.1 Å². The van der Waals surface area contributed by atoms with Crippen molar-refractivity contribution in [2.24, 2.45) is 0 Å². The van der Waals surface area contributed by atoms with Crippen molar-refractivity contribution in [3.8, 4) is 11.5 Å². The molecule has 9 heteroatoms. The Morgan fingerprint density at radius 2 is 1.60 bits per heavy atom. The van der Waals surface area contributed by atoms with Gasteiger partial charge < -0.3 is 18.5 Å². The topological polar surface area (TPSA) is 74.3 Å².